The van der Waals surface area contributed by atoms with E-state index in [0.29, 0.717) is 24.9 Å². The molecule has 0 unspecified atom stereocenters. The number of nitrogens with zero attached hydrogens (tertiary/aromatic N) is 1. The fourth-order valence-corrected chi connectivity index (χ4v) is 5.37. The molecule has 5 heteroatoms. The normalized spacial score (nSPS) is 38.0. The largest absolute Gasteiger partial charge is 0.462 e. The number of carbonyl (C=O) groups excluding carboxylic acids is 1. The first-order valence-electron chi connectivity index (χ1n) is 9.50. The molecule has 2 saturated carbocycles. The smallest absolute Gasteiger partial charge is 0.310 e. The third kappa shape index (κ3) is 3.64. The molecule has 5 atom stereocenters. The Bertz CT molecular complexity index is 518. The van der Waals surface area contributed by atoms with Crippen LogP contribution in [0.25, 0.3) is 0 Å². The minimum atomic E-state index is -0.272. The highest BCUT2D eigenvalue weighted by Crippen LogP contribution is 2.56. The van der Waals surface area contributed by atoms with Gasteiger partial charge in [-0.15, -0.1) is 0 Å². The number of rotatable bonds is 6. The number of fused-ring (bicyclic) bond motifs is 2. The Labute approximate surface area is 151 Å². The zero-order valence-electron chi connectivity index (χ0n) is 16.1. The standard InChI is InChI=1S/C20H33NO4/c1-13-7-6-8-20(2)10-17-14(9-16(13)20)15(19(22)25-17)11-21(3)12-18(23-4)24-5/h14-18H,1,6-12H2,2-5H3/t14-,15+,16+,17-,20-/m1/s1. The number of methoxy groups -OCH3 is 2. The number of hydrogen-bond donors (Lipinski definition) is 0. The van der Waals surface area contributed by atoms with Crippen LogP contribution in [-0.4, -0.2) is 57.6 Å². The molecule has 0 bridgehead atoms. The Kier molecular flexibility index (Phi) is 5.57. The molecule has 0 spiro atoms. The van der Waals surface area contributed by atoms with Gasteiger partial charge in [0.15, 0.2) is 6.29 Å². The third-order valence-corrected chi connectivity index (χ3v) is 6.81. The number of allylic oxidation sites excluding steroid dienone is 1. The summed E-state index contributed by atoms with van der Waals surface area (Å²) in [6.45, 7) is 8.06. The molecule has 0 aromatic rings. The van der Waals surface area contributed by atoms with Crippen molar-refractivity contribution in [2.24, 2.45) is 23.2 Å². The summed E-state index contributed by atoms with van der Waals surface area (Å²) in [5.41, 5.74) is 1.65. The summed E-state index contributed by atoms with van der Waals surface area (Å²) in [7, 11) is 5.29. The maximum absolute atomic E-state index is 12.6. The van der Waals surface area contributed by atoms with Crippen LogP contribution in [0.2, 0.25) is 0 Å². The summed E-state index contributed by atoms with van der Waals surface area (Å²) in [5, 5.41) is 0. The van der Waals surface area contributed by atoms with E-state index in [1.807, 2.05) is 7.05 Å². The lowest BCUT2D eigenvalue weighted by Gasteiger charge is -2.50. The molecule has 1 aliphatic heterocycles. The van der Waals surface area contributed by atoms with Gasteiger partial charge in [0.1, 0.15) is 6.10 Å². The minimum Gasteiger partial charge on any atom is -0.462 e. The number of esters is 1. The molecule has 1 saturated heterocycles. The van der Waals surface area contributed by atoms with Gasteiger partial charge in [-0.3, -0.25) is 4.79 Å². The molecule has 0 aromatic carbocycles. The first-order valence-corrected chi connectivity index (χ1v) is 9.50. The summed E-state index contributed by atoms with van der Waals surface area (Å²) < 4.78 is 16.4. The lowest BCUT2D eigenvalue weighted by atomic mass is 9.55. The fourth-order valence-electron chi connectivity index (χ4n) is 5.37. The van der Waals surface area contributed by atoms with Crippen LogP contribution >= 0.6 is 0 Å². The van der Waals surface area contributed by atoms with E-state index in [2.05, 4.69) is 18.4 Å². The van der Waals surface area contributed by atoms with E-state index < -0.39 is 0 Å². The summed E-state index contributed by atoms with van der Waals surface area (Å²) in [6.07, 6.45) is 5.43. The van der Waals surface area contributed by atoms with Crippen molar-refractivity contribution in [3.05, 3.63) is 12.2 Å². The molecule has 0 amide bonds. The molecule has 2 aliphatic carbocycles. The second-order valence-corrected chi connectivity index (χ2v) is 8.53. The first-order chi connectivity index (χ1) is 11.9. The summed E-state index contributed by atoms with van der Waals surface area (Å²) in [5.74, 6) is 0.770. The first kappa shape index (κ1) is 18.9. The van der Waals surface area contributed by atoms with Crippen molar-refractivity contribution in [3.63, 3.8) is 0 Å². The number of ether oxygens (including phenoxy) is 3. The van der Waals surface area contributed by atoms with E-state index in [9.17, 15) is 4.79 Å². The van der Waals surface area contributed by atoms with Crippen LogP contribution < -0.4 is 0 Å². The average molecular weight is 351 g/mol. The van der Waals surface area contributed by atoms with E-state index >= 15 is 0 Å². The molecule has 3 aliphatic rings. The SMILES string of the molecule is C=C1CCC[C@]2(C)C[C@H]3OC(=O)[C@@H](CN(C)CC(OC)OC)[C@H]3C[C@@H]12. The van der Waals surface area contributed by atoms with Crippen LogP contribution in [-0.2, 0) is 19.0 Å². The van der Waals surface area contributed by atoms with Crippen LogP contribution in [0.3, 0.4) is 0 Å². The fraction of sp³-hybridized carbons (Fsp3) is 0.850. The zero-order chi connectivity index (χ0) is 18.2. The molecule has 5 nitrogen and oxygen atoms in total. The highest BCUT2D eigenvalue weighted by atomic mass is 16.7. The quantitative estimate of drug-likeness (QED) is 0.418. The van der Waals surface area contributed by atoms with E-state index in [1.54, 1.807) is 14.2 Å². The Hall–Kier alpha value is -0.910. The molecular weight excluding hydrogens is 318 g/mol. The third-order valence-electron chi connectivity index (χ3n) is 6.81. The molecule has 1 heterocycles. The van der Waals surface area contributed by atoms with E-state index in [-0.39, 0.29) is 29.7 Å². The summed E-state index contributed by atoms with van der Waals surface area (Å²) in [4.78, 5) is 14.7. The van der Waals surface area contributed by atoms with Gasteiger partial charge in [-0.2, -0.15) is 0 Å². The van der Waals surface area contributed by atoms with Gasteiger partial charge in [0.05, 0.1) is 5.92 Å². The van der Waals surface area contributed by atoms with Gasteiger partial charge in [-0.1, -0.05) is 19.1 Å². The van der Waals surface area contributed by atoms with Crippen LogP contribution in [0.5, 0.6) is 0 Å². The van der Waals surface area contributed by atoms with Crippen molar-refractivity contribution in [1.82, 2.24) is 4.90 Å². The van der Waals surface area contributed by atoms with Gasteiger partial charge in [0, 0.05) is 33.2 Å². The Balaban J connectivity index is 1.68. The molecule has 0 aromatic heterocycles. The van der Waals surface area contributed by atoms with Crippen molar-refractivity contribution < 1.29 is 19.0 Å². The molecule has 0 radical (unpaired) electrons. The summed E-state index contributed by atoms with van der Waals surface area (Å²) >= 11 is 0. The maximum Gasteiger partial charge on any atom is 0.310 e. The van der Waals surface area contributed by atoms with Gasteiger partial charge in [-0.25, -0.2) is 0 Å². The zero-order valence-corrected chi connectivity index (χ0v) is 16.1. The lowest BCUT2D eigenvalue weighted by Crippen LogP contribution is -2.46. The van der Waals surface area contributed by atoms with Crippen molar-refractivity contribution >= 4 is 5.97 Å². The average Bonchev–Trinajstić information content (AvgIpc) is 2.85. The monoisotopic (exact) mass is 351 g/mol. The Morgan fingerprint density at radius 2 is 2.12 bits per heavy atom. The molecular formula is C20H33NO4. The number of hydrogen-bond acceptors (Lipinski definition) is 5. The highest BCUT2D eigenvalue weighted by Gasteiger charge is 2.55. The summed E-state index contributed by atoms with van der Waals surface area (Å²) in [6, 6.07) is 0. The maximum atomic E-state index is 12.6. The minimum absolute atomic E-state index is 0.0268. The van der Waals surface area contributed by atoms with Crippen LogP contribution in [0, 0.1) is 23.2 Å². The van der Waals surface area contributed by atoms with E-state index in [4.69, 9.17) is 14.2 Å². The second kappa shape index (κ2) is 7.37. The van der Waals surface area contributed by atoms with Crippen molar-refractivity contribution in [2.75, 3.05) is 34.4 Å². The second-order valence-electron chi connectivity index (χ2n) is 8.53. The van der Waals surface area contributed by atoms with Gasteiger partial charge in [0.25, 0.3) is 0 Å². The number of carbonyl (C=O) groups is 1. The molecule has 3 fully saturated rings. The van der Waals surface area contributed by atoms with E-state index in [0.717, 1.165) is 19.3 Å². The van der Waals surface area contributed by atoms with Gasteiger partial charge in [0.2, 0.25) is 0 Å². The predicted octanol–water partition coefficient (Wildman–Crippen LogP) is 2.85. The number of likely N-dealkylation sites (N-methyl/N-ethyl adjacent to an activating group) is 1. The van der Waals surface area contributed by atoms with Crippen LogP contribution in [0.1, 0.15) is 39.0 Å². The van der Waals surface area contributed by atoms with Crippen molar-refractivity contribution in [2.45, 2.75) is 51.4 Å². The van der Waals surface area contributed by atoms with Crippen molar-refractivity contribution in [1.29, 1.82) is 0 Å². The van der Waals surface area contributed by atoms with Gasteiger partial charge < -0.3 is 19.1 Å². The van der Waals surface area contributed by atoms with E-state index in [1.165, 1.54) is 18.4 Å². The molecule has 142 valence electrons. The Morgan fingerprint density at radius 3 is 2.80 bits per heavy atom. The van der Waals surface area contributed by atoms with Crippen LogP contribution in [0.15, 0.2) is 12.2 Å². The van der Waals surface area contributed by atoms with Crippen molar-refractivity contribution in [3.8, 4) is 0 Å². The molecule has 25 heavy (non-hydrogen) atoms. The predicted molar refractivity (Wildman–Crippen MR) is 96.0 cm³/mol. The topological polar surface area (TPSA) is 48.0 Å². The molecule has 3 rings (SSSR count). The van der Waals surface area contributed by atoms with Gasteiger partial charge in [-0.05, 0) is 50.5 Å². The lowest BCUT2D eigenvalue weighted by molar-refractivity contribution is -0.147. The van der Waals surface area contributed by atoms with Crippen LogP contribution in [0.4, 0.5) is 0 Å². The Morgan fingerprint density at radius 1 is 1.40 bits per heavy atom. The van der Waals surface area contributed by atoms with Gasteiger partial charge >= 0.3 is 5.97 Å². The molecule has 0 N–H and O–H groups in total. The highest BCUT2D eigenvalue weighted by molar-refractivity contribution is 5.75.